The zero-order valence-electron chi connectivity index (χ0n) is 14.5. The summed E-state index contributed by atoms with van der Waals surface area (Å²) in [5.41, 5.74) is 2.90. The van der Waals surface area contributed by atoms with Gasteiger partial charge in [-0.2, -0.15) is 5.10 Å². The summed E-state index contributed by atoms with van der Waals surface area (Å²) in [6.07, 6.45) is 4.40. The second-order valence-electron chi connectivity index (χ2n) is 6.29. The monoisotopic (exact) mass is 361 g/mol. The first kappa shape index (κ1) is 17.0. The second kappa shape index (κ2) is 7.43. The zero-order chi connectivity index (χ0) is 18.6. The highest BCUT2D eigenvalue weighted by molar-refractivity contribution is 5.92. The van der Waals surface area contributed by atoms with E-state index in [0.717, 1.165) is 11.2 Å². The Kier molecular flexibility index (Phi) is 4.67. The number of pyridine rings is 1. The fourth-order valence-corrected chi connectivity index (χ4v) is 2.99. The lowest BCUT2D eigenvalue weighted by molar-refractivity contribution is 0.0911. The molecule has 27 heavy (non-hydrogen) atoms. The number of rotatable bonds is 6. The van der Waals surface area contributed by atoms with Crippen LogP contribution in [-0.4, -0.2) is 37.3 Å². The molecule has 7 heteroatoms. The van der Waals surface area contributed by atoms with Crippen molar-refractivity contribution in [2.24, 2.45) is 0 Å². The van der Waals surface area contributed by atoms with Crippen molar-refractivity contribution in [1.29, 1.82) is 0 Å². The van der Waals surface area contributed by atoms with Crippen LogP contribution in [0.5, 0.6) is 0 Å². The first-order chi connectivity index (χ1) is 13.2. The van der Waals surface area contributed by atoms with Crippen molar-refractivity contribution in [3.8, 4) is 0 Å². The van der Waals surface area contributed by atoms with Crippen molar-refractivity contribution in [2.45, 2.75) is 12.6 Å². The number of amides is 1. The Morgan fingerprint density at radius 1 is 1.22 bits per heavy atom. The smallest absolute Gasteiger partial charge is 0.271 e. The summed E-state index contributed by atoms with van der Waals surface area (Å²) in [5, 5.41) is 21.0. The minimum atomic E-state index is -0.813. The minimum absolute atomic E-state index is 0.0922. The van der Waals surface area contributed by atoms with Crippen LogP contribution in [0.2, 0.25) is 0 Å². The molecule has 0 spiro atoms. The summed E-state index contributed by atoms with van der Waals surface area (Å²) >= 11 is 0. The summed E-state index contributed by atoms with van der Waals surface area (Å²) in [5.74, 6) is -0.335. The van der Waals surface area contributed by atoms with Gasteiger partial charge in [0.15, 0.2) is 0 Å². The summed E-state index contributed by atoms with van der Waals surface area (Å²) in [7, 11) is 0. The first-order valence-electron chi connectivity index (χ1n) is 8.65. The number of hydrogen-bond acceptors (Lipinski definition) is 4. The van der Waals surface area contributed by atoms with Crippen LogP contribution in [0.3, 0.4) is 0 Å². The van der Waals surface area contributed by atoms with E-state index in [2.05, 4.69) is 43.3 Å². The lowest BCUT2D eigenvalue weighted by atomic mass is 10.1. The van der Waals surface area contributed by atoms with Crippen LogP contribution < -0.4 is 5.32 Å². The molecule has 0 saturated carbocycles. The molecule has 0 radical (unpaired) electrons. The lowest BCUT2D eigenvalue weighted by Gasteiger charge is -2.10. The maximum atomic E-state index is 12.3. The van der Waals surface area contributed by atoms with Crippen molar-refractivity contribution >= 4 is 16.8 Å². The molecular weight excluding hydrogens is 342 g/mol. The molecule has 0 fully saturated rings. The standard InChI is InChI=1S/C20H19N5O2/c26-19(15-5-3-8-21-11-15)12-22-20(27)17-10-16(23-24-17)13-25-9-7-14-4-1-2-6-18(14)25/h1-11,19,26H,12-13H2,(H,22,27)(H,23,24)/t19-/m0/s1. The largest absolute Gasteiger partial charge is 0.387 e. The Balaban J connectivity index is 1.39. The van der Waals surface area contributed by atoms with Gasteiger partial charge in [-0.15, -0.1) is 0 Å². The SMILES string of the molecule is O=C(NC[C@H](O)c1cccnc1)c1cc(Cn2ccc3ccccc32)[nH]n1. The van der Waals surface area contributed by atoms with Crippen LogP contribution in [0.1, 0.15) is 27.8 Å². The molecule has 0 saturated heterocycles. The van der Waals surface area contributed by atoms with Gasteiger partial charge in [-0.3, -0.25) is 14.9 Å². The Morgan fingerprint density at radius 2 is 2.11 bits per heavy atom. The number of fused-ring (bicyclic) bond motifs is 1. The van der Waals surface area contributed by atoms with E-state index in [1.54, 1.807) is 30.6 Å². The molecule has 7 nitrogen and oxygen atoms in total. The highest BCUT2D eigenvalue weighted by Crippen LogP contribution is 2.16. The van der Waals surface area contributed by atoms with E-state index in [9.17, 15) is 9.90 Å². The van der Waals surface area contributed by atoms with Gasteiger partial charge in [0.05, 0.1) is 18.3 Å². The van der Waals surface area contributed by atoms with Crippen LogP contribution in [0, 0.1) is 0 Å². The molecule has 0 unspecified atom stereocenters. The molecule has 0 aliphatic rings. The van der Waals surface area contributed by atoms with Crippen molar-refractivity contribution in [1.82, 2.24) is 25.1 Å². The summed E-state index contributed by atoms with van der Waals surface area (Å²) in [6, 6.07) is 15.4. The van der Waals surface area contributed by atoms with Gasteiger partial charge in [0.2, 0.25) is 0 Å². The molecule has 0 aliphatic carbocycles. The highest BCUT2D eigenvalue weighted by atomic mass is 16.3. The van der Waals surface area contributed by atoms with E-state index in [1.807, 2.05) is 18.3 Å². The van der Waals surface area contributed by atoms with E-state index < -0.39 is 6.10 Å². The number of nitrogens with one attached hydrogen (secondary N) is 2. The summed E-state index contributed by atoms with van der Waals surface area (Å²) in [6.45, 7) is 0.682. The number of para-hydroxylation sites is 1. The Morgan fingerprint density at radius 3 is 2.96 bits per heavy atom. The summed E-state index contributed by atoms with van der Waals surface area (Å²) in [4.78, 5) is 16.2. The maximum absolute atomic E-state index is 12.3. The number of aliphatic hydroxyl groups excluding tert-OH is 1. The highest BCUT2D eigenvalue weighted by Gasteiger charge is 2.14. The molecule has 3 aromatic heterocycles. The molecule has 3 heterocycles. The lowest BCUT2D eigenvalue weighted by Crippen LogP contribution is -2.28. The number of benzene rings is 1. The van der Waals surface area contributed by atoms with Crippen LogP contribution in [-0.2, 0) is 6.54 Å². The normalized spacial score (nSPS) is 12.2. The molecule has 0 bridgehead atoms. The number of nitrogens with zero attached hydrogens (tertiary/aromatic N) is 3. The first-order valence-corrected chi connectivity index (χ1v) is 8.65. The van der Waals surface area contributed by atoms with E-state index in [4.69, 9.17) is 0 Å². The van der Waals surface area contributed by atoms with Gasteiger partial charge in [0, 0.05) is 36.2 Å². The minimum Gasteiger partial charge on any atom is -0.387 e. The predicted octanol–water partition coefficient (Wildman–Crippen LogP) is 2.27. The van der Waals surface area contributed by atoms with Gasteiger partial charge >= 0.3 is 0 Å². The number of aromatic amines is 1. The molecule has 136 valence electrons. The molecule has 1 aromatic carbocycles. The van der Waals surface area contributed by atoms with Gasteiger partial charge in [0.25, 0.3) is 5.91 Å². The number of carbonyl (C=O) groups is 1. The van der Waals surface area contributed by atoms with Crippen molar-refractivity contribution in [3.05, 3.63) is 84.1 Å². The van der Waals surface area contributed by atoms with Gasteiger partial charge in [-0.1, -0.05) is 24.3 Å². The molecule has 1 atom stereocenters. The molecule has 3 N–H and O–H groups in total. The van der Waals surface area contributed by atoms with E-state index in [1.165, 1.54) is 5.39 Å². The third-order valence-electron chi connectivity index (χ3n) is 4.41. The van der Waals surface area contributed by atoms with Crippen LogP contribution >= 0.6 is 0 Å². The average molecular weight is 361 g/mol. The second-order valence-corrected chi connectivity index (χ2v) is 6.29. The quantitative estimate of drug-likeness (QED) is 0.491. The van der Waals surface area contributed by atoms with Gasteiger partial charge < -0.3 is 15.0 Å². The zero-order valence-corrected chi connectivity index (χ0v) is 14.5. The molecule has 1 amide bonds. The number of aromatic nitrogens is 4. The van der Waals surface area contributed by atoms with Crippen LogP contribution in [0.25, 0.3) is 10.9 Å². The Hall–Kier alpha value is -3.45. The van der Waals surface area contributed by atoms with Crippen LogP contribution in [0.4, 0.5) is 0 Å². The fourth-order valence-electron chi connectivity index (χ4n) is 2.99. The van der Waals surface area contributed by atoms with Crippen molar-refractivity contribution in [2.75, 3.05) is 6.54 Å². The van der Waals surface area contributed by atoms with Gasteiger partial charge in [0.1, 0.15) is 5.69 Å². The fraction of sp³-hybridized carbons (Fsp3) is 0.150. The number of hydrogen-bond donors (Lipinski definition) is 3. The van der Waals surface area contributed by atoms with Crippen molar-refractivity contribution in [3.63, 3.8) is 0 Å². The topological polar surface area (TPSA) is 95.8 Å². The molecule has 4 rings (SSSR count). The average Bonchev–Trinajstić information content (AvgIpc) is 3.34. The maximum Gasteiger partial charge on any atom is 0.271 e. The van der Waals surface area contributed by atoms with Gasteiger partial charge in [-0.25, -0.2) is 0 Å². The predicted molar refractivity (Wildman–Crippen MR) is 101 cm³/mol. The number of H-pyrrole nitrogens is 1. The third-order valence-corrected chi connectivity index (χ3v) is 4.41. The van der Waals surface area contributed by atoms with Crippen molar-refractivity contribution < 1.29 is 9.90 Å². The summed E-state index contributed by atoms with van der Waals surface area (Å²) < 4.78 is 2.09. The molecule has 4 aromatic rings. The Labute approximate surface area is 155 Å². The number of carbonyl (C=O) groups excluding carboxylic acids is 1. The molecule has 0 aliphatic heterocycles. The van der Waals surface area contributed by atoms with Crippen LogP contribution in [0.15, 0.2) is 67.1 Å². The van der Waals surface area contributed by atoms with E-state index in [-0.39, 0.29) is 12.5 Å². The van der Waals surface area contributed by atoms with E-state index >= 15 is 0 Å². The van der Waals surface area contributed by atoms with E-state index in [0.29, 0.717) is 17.8 Å². The third kappa shape index (κ3) is 3.73. The molecular formula is C20H19N5O2. The number of aliphatic hydroxyl groups is 1. The van der Waals surface area contributed by atoms with Gasteiger partial charge in [-0.05, 0) is 29.7 Å². The Bertz CT molecular complexity index is 1050.